The Kier molecular flexibility index (Phi) is 4.02. The molecule has 2 aromatic carbocycles. The number of benzene rings is 2. The van der Waals surface area contributed by atoms with Crippen LogP contribution in [-0.2, 0) is 16.0 Å². The molecular weight excluding hydrogens is 292 g/mol. The largest absolute Gasteiger partial charge is 0.483 e. The Balaban J connectivity index is 1.62. The minimum absolute atomic E-state index is 0.0261. The van der Waals surface area contributed by atoms with E-state index < -0.39 is 0 Å². The number of hydrogen-bond donors (Lipinski definition) is 2. The molecule has 0 unspecified atom stereocenters. The van der Waals surface area contributed by atoms with Crippen molar-refractivity contribution in [2.24, 2.45) is 0 Å². The van der Waals surface area contributed by atoms with E-state index in [1.807, 2.05) is 38.1 Å². The molecule has 3 rings (SSSR count). The number of anilines is 2. The van der Waals surface area contributed by atoms with E-state index in [1.54, 1.807) is 12.1 Å². The van der Waals surface area contributed by atoms with E-state index in [4.69, 9.17) is 4.74 Å². The summed E-state index contributed by atoms with van der Waals surface area (Å²) in [6.45, 7) is 3.84. The molecule has 0 spiro atoms. The second kappa shape index (κ2) is 6.12. The van der Waals surface area contributed by atoms with Gasteiger partial charge in [-0.1, -0.05) is 18.2 Å². The Bertz CT molecular complexity index is 764. The van der Waals surface area contributed by atoms with Crippen molar-refractivity contribution < 1.29 is 14.3 Å². The van der Waals surface area contributed by atoms with Gasteiger partial charge in [-0.25, -0.2) is 0 Å². The van der Waals surface area contributed by atoms with Gasteiger partial charge >= 0.3 is 0 Å². The molecule has 2 aromatic rings. The Labute approximate surface area is 134 Å². The van der Waals surface area contributed by atoms with Crippen molar-refractivity contribution in [2.75, 3.05) is 17.2 Å². The fourth-order valence-electron chi connectivity index (χ4n) is 2.67. The van der Waals surface area contributed by atoms with Crippen molar-refractivity contribution >= 4 is 23.2 Å². The molecule has 0 atom stereocenters. The number of nitrogens with one attached hydrogen (secondary N) is 2. The van der Waals surface area contributed by atoms with E-state index in [0.29, 0.717) is 12.1 Å². The van der Waals surface area contributed by atoms with E-state index in [2.05, 4.69) is 10.6 Å². The van der Waals surface area contributed by atoms with Crippen LogP contribution in [0.25, 0.3) is 0 Å². The number of aryl methyl sites for hydroxylation is 2. The SMILES string of the molecule is Cc1cccc(C)c1OCC(=O)Nc1ccc2c(c1)CC(=O)N2. The van der Waals surface area contributed by atoms with Crippen LogP contribution in [0.5, 0.6) is 5.75 Å². The van der Waals surface area contributed by atoms with Gasteiger partial charge in [0.05, 0.1) is 6.42 Å². The first-order chi connectivity index (χ1) is 11.0. The molecule has 0 aliphatic carbocycles. The van der Waals surface area contributed by atoms with E-state index in [9.17, 15) is 9.59 Å². The van der Waals surface area contributed by atoms with Gasteiger partial charge in [-0.15, -0.1) is 0 Å². The second-order valence-corrected chi connectivity index (χ2v) is 5.65. The lowest BCUT2D eigenvalue weighted by Gasteiger charge is -2.12. The monoisotopic (exact) mass is 310 g/mol. The Morgan fingerprint density at radius 3 is 2.70 bits per heavy atom. The second-order valence-electron chi connectivity index (χ2n) is 5.65. The van der Waals surface area contributed by atoms with Crippen LogP contribution in [0.2, 0.25) is 0 Å². The molecule has 5 nitrogen and oxygen atoms in total. The third-order valence-corrected chi connectivity index (χ3v) is 3.77. The predicted octanol–water partition coefficient (Wildman–Crippen LogP) is 2.82. The average Bonchev–Trinajstić information content (AvgIpc) is 2.86. The summed E-state index contributed by atoms with van der Waals surface area (Å²) in [4.78, 5) is 23.4. The molecule has 118 valence electrons. The molecule has 2 amide bonds. The van der Waals surface area contributed by atoms with Gasteiger partial charge in [0.15, 0.2) is 6.61 Å². The molecule has 0 fully saturated rings. The number of amides is 2. The third kappa shape index (κ3) is 3.34. The van der Waals surface area contributed by atoms with Crippen LogP contribution < -0.4 is 15.4 Å². The molecule has 0 bridgehead atoms. The van der Waals surface area contributed by atoms with Crippen molar-refractivity contribution in [1.82, 2.24) is 0 Å². The van der Waals surface area contributed by atoms with Gasteiger partial charge < -0.3 is 15.4 Å². The number of carbonyl (C=O) groups is 2. The summed E-state index contributed by atoms with van der Waals surface area (Å²) in [6.07, 6.45) is 0.345. The molecule has 0 saturated carbocycles. The highest BCUT2D eigenvalue weighted by atomic mass is 16.5. The normalized spacial score (nSPS) is 12.5. The molecular formula is C18H18N2O3. The van der Waals surface area contributed by atoms with Crippen molar-refractivity contribution in [2.45, 2.75) is 20.3 Å². The fraction of sp³-hybridized carbons (Fsp3) is 0.222. The molecule has 23 heavy (non-hydrogen) atoms. The van der Waals surface area contributed by atoms with Gasteiger partial charge in [0.2, 0.25) is 5.91 Å². The fourth-order valence-corrected chi connectivity index (χ4v) is 2.67. The maximum Gasteiger partial charge on any atom is 0.262 e. The minimum Gasteiger partial charge on any atom is -0.483 e. The molecule has 1 aliphatic rings. The van der Waals surface area contributed by atoms with Crippen LogP contribution >= 0.6 is 0 Å². The van der Waals surface area contributed by atoms with Crippen molar-refractivity contribution in [3.05, 3.63) is 53.1 Å². The van der Waals surface area contributed by atoms with Crippen molar-refractivity contribution in [3.8, 4) is 5.75 Å². The number of para-hydroxylation sites is 1. The summed E-state index contributed by atoms with van der Waals surface area (Å²) in [7, 11) is 0. The van der Waals surface area contributed by atoms with Crippen LogP contribution in [0.15, 0.2) is 36.4 Å². The van der Waals surface area contributed by atoms with Gasteiger partial charge in [0.1, 0.15) is 5.75 Å². The molecule has 1 aliphatic heterocycles. The Morgan fingerprint density at radius 2 is 1.96 bits per heavy atom. The Morgan fingerprint density at radius 1 is 1.22 bits per heavy atom. The first-order valence-electron chi connectivity index (χ1n) is 7.44. The van der Waals surface area contributed by atoms with Gasteiger partial charge in [0.25, 0.3) is 5.91 Å². The summed E-state index contributed by atoms with van der Waals surface area (Å²) in [6, 6.07) is 11.2. The first kappa shape index (κ1) is 15.1. The van der Waals surface area contributed by atoms with E-state index in [0.717, 1.165) is 28.1 Å². The first-order valence-corrected chi connectivity index (χ1v) is 7.44. The maximum absolute atomic E-state index is 12.1. The highest BCUT2D eigenvalue weighted by molar-refractivity contribution is 6.00. The zero-order valence-corrected chi connectivity index (χ0v) is 13.1. The lowest BCUT2D eigenvalue weighted by molar-refractivity contribution is -0.118. The molecule has 5 heteroatoms. The lowest BCUT2D eigenvalue weighted by atomic mass is 10.1. The lowest BCUT2D eigenvalue weighted by Crippen LogP contribution is -2.20. The topological polar surface area (TPSA) is 67.4 Å². The summed E-state index contributed by atoms with van der Waals surface area (Å²) in [5, 5.41) is 5.55. The van der Waals surface area contributed by atoms with Gasteiger partial charge in [-0.2, -0.15) is 0 Å². The van der Waals surface area contributed by atoms with Gasteiger partial charge in [-0.05, 0) is 48.7 Å². The van der Waals surface area contributed by atoms with E-state index in [1.165, 1.54) is 0 Å². The van der Waals surface area contributed by atoms with Crippen molar-refractivity contribution in [3.63, 3.8) is 0 Å². The molecule has 2 N–H and O–H groups in total. The highest BCUT2D eigenvalue weighted by Crippen LogP contribution is 2.26. The smallest absolute Gasteiger partial charge is 0.262 e. The van der Waals surface area contributed by atoms with E-state index >= 15 is 0 Å². The molecule has 0 saturated heterocycles. The Hall–Kier alpha value is -2.82. The zero-order valence-electron chi connectivity index (χ0n) is 13.1. The summed E-state index contributed by atoms with van der Waals surface area (Å²) in [5.74, 6) is 0.484. The zero-order chi connectivity index (χ0) is 16.4. The standard InChI is InChI=1S/C18H18N2O3/c1-11-4-3-5-12(2)18(11)23-10-17(22)19-14-6-7-15-13(8-14)9-16(21)20-15/h3-8H,9-10H2,1-2H3,(H,19,22)(H,20,21). The van der Waals surface area contributed by atoms with Crippen LogP contribution in [0.1, 0.15) is 16.7 Å². The van der Waals surface area contributed by atoms with E-state index in [-0.39, 0.29) is 18.4 Å². The molecule has 1 heterocycles. The minimum atomic E-state index is -0.232. The third-order valence-electron chi connectivity index (χ3n) is 3.77. The number of ether oxygens (including phenoxy) is 1. The molecule has 0 radical (unpaired) electrons. The maximum atomic E-state index is 12.1. The highest BCUT2D eigenvalue weighted by Gasteiger charge is 2.18. The number of fused-ring (bicyclic) bond motifs is 1. The number of rotatable bonds is 4. The van der Waals surface area contributed by atoms with Gasteiger partial charge in [0, 0.05) is 11.4 Å². The van der Waals surface area contributed by atoms with Crippen molar-refractivity contribution in [1.29, 1.82) is 0 Å². The summed E-state index contributed by atoms with van der Waals surface area (Å²) in [5.41, 5.74) is 4.36. The quantitative estimate of drug-likeness (QED) is 0.912. The summed E-state index contributed by atoms with van der Waals surface area (Å²) < 4.78 is 5.63. The summed E-state index contributed by atoms with van der Waals surface area (Å²) >= 11 is 0. The van der Waals surface area contributed by atoms with Crippen LogP contribution in [0, 0.1) is 13.8 Å². The predicted molar refractivity (Wildman–Crippen MR) is 88.8 cm³/mol. The van der Waals surface area contributed by atoms with Gasteiger partial charge in [-0.3, -0.25) is 9.59 Å². The van der Waals surface area contributed by atoms with Crippen LogP contribution in [0.4, 0.5) is 11.4 Å². The number of hydrogen-bond acceptors (Lipinski definition) is 3. The number of carbonyl (C=O) groups excluding carboxylic acids is 2. The molecule has 0 aromatic heterocycles. The van der Waals surface area contributed by atoms with Crippen LogP contribution in [0.3, 0.4) is 0 Å². The average molecular weight is 310 g/mol. The van der Waals surface area contributed by atoms with Crippen LogP contribution in [-0.4, -0.2) is 18.4 Å².